The van der Waals surface area contributed by atoms with Gasteiger partial charge in [-0.2, -0.15) is 13.2 Å². The molecule has 3 aromatic carbocycles. The third-order valence-electron chi connectivity index (χ3n) is 8.18. The molecule has 3 amide bonds. The molecule has 3 aromatic rings. The molecular weight excluding hydrogens is 670 g/mol. The van der Waals surface area contributed by atoms with E-state index in [1.54, 1.807) is 48.1 Å². The van der Waals surface area contributed by atoms with Crippen molar-refractivity contribution in [3.05, 3.63) is 99.0 Å². The molecule has 0 bridgehead atoms. The number of methoxy groups -OCH3 is 1. The molecule has 2 atom stereocenters. The summed E-state index contributed by atoms with van der Waals surface area (Å²) in [5, 5.41) is 3.82. The van der Waals surface area contributed by atoms with Crippen LogP contribution in [-0.4, -0.2) is 92.1 Å². The maximum atomic E-state index is 14.7. The first-order valence-corrected chi connectivity index (χ1v) is 16.2. The number of nitrogens with zero attached hydrogens (tertiary/aromatic N) is 4. The summed E-state index contributed by atoms with van der Waals surface area (Å²) in [5.41, 5.74) is 0.848. The minimum Gasteiger partial charge on any atom is -0.493 e. The Balaban J connectivity index is 1.54. The number of amidine groups is 1. The number of ether oxygens (including phenoxy) is 2. The van der Waals surface area contributed by atoms with Crippen molar-refractivity contribution in [3.8, 4) is 5.75 Å². The van der Waals surface area contributed by atoms with E-state index in [0.717, 1.165) is 23.3 Å². The van der Waals surface area contributed by atoms with Crippen molar-refractivity contribution in [2.24, 2.45) is 4.99 Å². The Morgan fingerprint density at radius 3 is 2.15 bits per heavy atom. The monoisotopic (exact) mass is 705 g/mol. The number of amides is 3. The van der Waals surface area contributed by atoms with Gasteiger partial charge in [-0.15, -0.1) is 0 Å². The van der Waals surface area contributed by atoms with Crippen LogP contribution in [0, 0.1) is 0 Å². The number of benzene rings is 3. The van der Waals surface area contributed by atoms with Crippen LogP contribution in [-0.2, 0) is 15.7 Å². The first-order chi connectivity index (χ1) is 23.0. The fraction of sp³-hybridized carbons (Fsp3) is 0.382. The van der Waals surface area contributed by atoms with E-state index in [1.165, 1.54) is 6.07 Å². The summed E-state index contributed by atoms with van der Waals surface area (Å²) in [4.78, 5) is 37.3. The van der Waals surface area contributed by atoms with E-state index in [2.05, 4.69) is 5.32 Å². The number of aliphatic imine (C=N–C) groups is 1. The van der Waals surface area contributed by atoms with Gasteiger partial charge in [-0.3, -0.25) is 19.6 Å². The van der Waals surface area contributed by atoms with Crippen LogP contribution >= 0.6 is 23.2 Å². The SMILES string of the molecule is CCOc1cc(C(F)(F)F)ccc1C1=NC(c2ccc(Cl)cc2)C(c2ccc(Cl)cc2)N1C(=O)N1CCN(CC(=O)NCCOC)CC1. The number of hydrogen-bond acceptors (Lipinski definition) is 6. The zero-order valence-electron chi connectivity index (χ0n) is 26.5. The van der Waals surface area contributed by atoms with E-state index >= 15 is 0 Å². The third kappa shape index (κ3) is 8.23. The second-order valence-electron chi connectivity index (χ2n) is 11.3. The van der Waals surface area contributed by atoms with Gasteiger partial charge in [0.1, 0.15) is 17.6 Å². The van der Waals surface area contributed by atoms with Crippen LogP contribution < -0.4 is 10.1 Å². The van der Waals surface area contributed by atoms with Crippen LogP contribution in [0.5, 0.6) is 5.75 Å². The summed E-state index contributed by atoms with van der Waals surface area (Å²) < 4.78 is 52.0. The Labute approximate surface area is 287 Å². The molecule has 0 spiro atoms. The molecule has 2 aliphatic heterocycles. The van der Waals surface area contributed by atoms with Crippen LogP contribution in [0.3, 0.4) is 0 Å². The molecule has 5 rings (SSSR count). The van der Waals surface area contributed by atoms with Crippen molar-refractivity contribution < 1.29 is 32.2 Å². The standard InChI is InChI=1S/C34H36Cl2F3N5O4/c1-3-48-28-20-24(34(37,38)39)8-13-27(28)32-41-30(22-4-9-25(35)10-5-22)31(23-6-11-26(36)12-7-23)44(32)33(46)43-17-15-42(16-18-43)21-29(45)40-14-19-47-2/h4-13,20,30-31H,3,14-19,21H2,1-2H3,(H,40,45). The molecule has 1 saturated heterocycles. The summed E-state index contributed by atoms with van der Waals surface area (Å²) in [5.74, 6) is -0.00280. The normalized spacial score (nSPS) is 18.5. The molecule has 9 nitrogen and oxygen atoms in total. The van der Waals surface area contributed by atoms with E-state index in [4.69, 9.17) is 37.7 Å². The molecule has 2 heterocycles. The van der Waals surface area contributed by atoms with Gasteiger partial charge in [-0.25, -0.2) is 4.79 Å². The second kappa shape index (κ2) is 15.6. The third-order valence-corrected chi connectivity index (χ3v) is 8.69. The van der Waals surface area contributed by atoms with Crippen molar-refractivity contribution >= 4 is 41.0 Å². The van der Waals surface area contributed by atoms with Crippen molar-refractivity contribution in [3.63, 3.8) is 0 Å². The number of alkyl halides is 3. The minimum absolute atomic E-state index is 0.0419. The lowest BCUT2D eigenvalue weighted by atomic mass is 9.93. The van der Waals surface area contributed by atoms with Crippen LogP contribution in [0.1, 0.15) is 41.3 Å². The Morgan fingerprint density at radius 2 is 1.56 bits per heavy atom. The van der Waals surface area contributed by atoms with Crippen LogP contribution in [0.25, 0.3) is 0 Å². The number of piperazine rings is 1. The van der Waals surface area contributed by atoms with Gasteiger partial charge in [0, 0.05) is 49.9 Å². The Bertz CT molecular complexity index is 1610. The Morgan fingerprint density at radius 1 is 0.938 bits per heavy atom. The molecule has 2 aliphatic rings. The molecular formula is C34H36Cl2F3N5O4. The lowest BCUT2D eigenvalue weighted by Gasteiger charge is -2.39. The summed E-state index contributed by atoms with van der Waals surface area (Å²) in [6, 6.07) is 15.6. The molecule has 0 saturated carbocycles. The number of carbonyl (C=O) groups excluding carboxylic acids is 2. The maximum Gasteiger partial charge on any atom is 0.416 e. The summed E-state index contributed by atoms with van der Waals surface area (Å²) >= 11 is 12.5. The van der Waals surface area contributed by atoms with Gasteiger partial charge >= 0.3 is 12.2 Å². The maximum absolute atomic E-state index is 14.7. The predicted octanol–water partition coefficient (Wildman–Crippen LogP) is 6.46. The molecule has 1 fully saturated rings. The molecule has 0 aliphatic carbocycles. The Hall–Kier alpha value is -3.84. The topological polar surface area (TPSA) is 86.7 Å². The van der Waals surface area contributed by atoms with Gasteiger partial charge in [0.2, 0.25) is 5.91 Å². The highest BCUT2D eigenvalue weighted by Gasteiger charge is 2.45. The lowest BCUT2D eigenvalue weighted by molar-refractivity contribution is -0.137. The van der Waals surface area contributed by atoms with Crippen molar-refractivity contribution in [1.29, 1.82) is 0 Å². The van der Waals surface area contributed by atoms with Crippen molar-refractivity contribution in [1.82, 2.24) is 20.0 Å². The molecule has 0 aromatic heterocycles. The lowest BCUT2D eigenvalue weighted by Crippen LogP contribution is -2.55. The minimum atomic E-state index is -4.60. The molecule has 2 unspecified atom stereocenters. The van der Waals surface area contributed by atoms with Crippen LogP contribution in [0.15, 0.2) is 71.7 Å². The fourth-order valence-corrected chi connectivity index (χ4v) is 6.07. The van der Waals surface area contributed by atoms with Gasteiger partial charge in [-0.1, -0.05) is 47.5 Å². The highest BCUT2D eigenvalue weighted by molar-refractivity contribution is 6.30. The van der Waals surface area contributed by atoms with E-state index in [9.17, 15) is 22.8 Å². The fourth-order valence-electron chi connectivity index (χ4n) is 5.81. The van der Waals surface area contributed by atoms with Crippen LogP contribution in [0.2, 0.25) is 10.0 Å². The molecule has 48 heavy (non-hydrogen) atoms. The van der Waals surface area contributed by atoms with E-state index in [-0.39, 0.29) is 42.2 Å². The largest absolute Gasteiger partial charge is 0.493 e. The van der Waals surface area contributed by atoms with E-state index in [1.807, 2.05) is 29.2 Å². The number of nitrogens with one attached hydrogen (secondary N) is 1. The zero-order chi connectivity index (χ0) is 34.4. The number of urea groups is 1. The first kappa shape index (κ1) is 35.5. The molecule has 14 heteroatoms. The summed E-state index contributed by atoms with van der Waals surface area (Å²) in [7, 11) is 1.56. The number of hydrogen-bond donors (Lipinski definition) is 1. The number of carbonyl (C=O) groups is 2. The van der Waals surface area contributed by atoms with Crippen molar-refractivity contribution in [2.75, 3.05) is 59.6 Å². The quantitative estimate of drug-likeness (QED) is 0.245. The first-order valence-electron chi connectivity index (χ1n) is 15.5. The molecule has 256 valence electrons. The Kier molecular flexibility index (Phi) is 11.5. The smallest absolute Gasteiger partial charge is 0.416 e. The van der Waals surface area contributed by atoms with E-state index < -0.39 is 23.8 Å². The molecule has 1 N–H and O–H groups in total. The average Bonchev–Trinajstić information content (AvgIpc) is 3.45. The predicted molar refractivity (Wildman–Crippen MR) is 178 cm³/mol. The number of halogens is 5. The van der Waals surface area contributed by atoms with Gasteiger partial charge in [0.05, 0.1) is 36.9 Å². The highest BCUT2D eigenvalue weighted by Crippen LogP contribution is 2.46. The second-order valence-corrected chi connectivity index (χ2v) is 12.2. The van der Waals surface area contributed by atoms with Gasteiger partial charge in [0.15, 0.2) is 0 Å². The van der Waals surface area contributed by atoms with Gasteiger partial charge < -0.3 is 19.7 Å². The summed E-state index contributed by atoms with van der Waals surface area (Å²) in [6.45, 7) is 4.28. The average molecular weight is 707 g/mol. The van der Waals surface area contributed by atoms with Gasteiger partial charge in [0.25, 0.3) is 0 Å². The zero-order valence-corrected chi connectivity index (χ0v) is 28.0. The van der Waals surface area contributed by atoms with E-state index in [0.29, 0.717) is 49.4 Å². The summed E-state index contributed by atoms with van der Waals surface area (Å²) in [6.07, 6.45) is -4.60. The number of rotatable bonds is 10. The highest BCUT2D eigenvalue weighted by atomic mass is 35.5. The van der Waals surface area contributed by atoms with Gasteiger partial charge in [-0.05, 0) is 60.5 Å². The molecule has 0 radical (unpaired) electrons. The van der Waals surface area contributed by atoms with Crippen LogP contribution in [0.4, 0.5) is 18.0 Å². The van der Waals surface area contributed by atoms with Crippen molar-refractivity contribution in [2.45, 2.75) is 25.2 Å².